The lowest BCUT2D eigenvalue weighted by molar-refractivity contribution is -0.145. The van der Waals surface area contributed by atoms with Crippen LogP contribution in [0.3, 0.4) is 0 Å². The molecule has 37 heavy (non-hydrogen) atoms. The van der Waals surface area contributed by atoms with E-state index in [0.717, 1.165) is 69.4 Å². The fourth-order valence-corrected chi connectivity index (χ4v) is 7.34. The van der Waals surface area contributed by atoms with Crippen molar-refractivity contribution in [3.05, 3.63) is 60.2 Å². The third-order valence-corrected chi connectivity index (χ3v) is 9.21. The average Bonchev–Trinajstić information content (AvgIpc) is 3.55. The zero-order chi connectivity index (χ0) is 25.2. The quantitative estimate of drug-likeness (QED) is 0.501. The van der Waals surface area contributed by atoms with Crippen LogP contribution in [0.2, 0.25) is 0 Å². The first-order valence-corrected chi connectivity index (χ1v) is 14.2. The maximum Gasteiger partial charge on any atom is 0.321 e. The molecule has 0 radical (unpaired) electrons. The number of carbonyl (C=O) groups is 1. The van der Waals surface area contributed by atoms with Crippen LogP contribution in [0.5, 0.6) is 0 Å². The SMILES string of the molecule is O=C(O)[C@@H](C1CCCCC1)N1C[C@H](CN2CCC(n3nnc4ccccc43)CC2)[C@@H](c2ccccc2)C1. The van der Waals surface area contributed by atoms with E-state index in [0.29, 0.717) is 17.9 Å². The van der Waals surface area contributed by atoms with Gasteiger partial charge in [-0.15, -0.1) is 5.10 Å². The van der Waals surface area contributed by atoms with Gasteiger partial charge in [0.2, 0.25) is 0 Å². The molecule has 1 aliphatic carbocycles. The molecule has 3 aliphatic rings. The standard InChI is InChI=1S/C30H39N5O2/c36-30(37)29(23-11-5-2-6-12-23)34-20-24(26(21-34)22-9-3-1-4-10-22)19-33-17-15-25(16-18-33)35-28-14-8-7-13-27(28)31-32-35/h1,3-4,7-10,13-14,23-26,29H,2,5-6,11-12,15-21H2,(H,36,37)/t24-,26+,29+/m0/s1. The van der Waals surface area contributed by atoms with Gasteiger partial charge in [0.25, 0.3) is 0 Å². The summed E-state index contributed by atoms with van der Waals surface area (Å²) >= 11 is 0. The lowest BCUT2D eigenvalue weighted by Crippen LogP contribution is -2.46. The van der Waals surface area contributed by atoms with Gasteiger partial charge in [0.1, 0.15) is 11.6 Å². The molecule has 2 aliphatic heterocycles. The lowest BCUT2D eigenvalue weighted by atomic mass is 9.83. The Morgan fingerprint density at radius 2 is 1.65 bits per heavy atom. The first-order valence-electron chi connectivity index (χ1n) is 14.2. The molecule has 7 heteroatoms. The Morgan fingerprint density at radius 3 is 2.41 bits per heavy atom. The van der Waals surface area contributed by atoms with E-state index in [1.54, 1.807) is 0 Å². The highest BCUT2D eigenvalue weighted by Crippen LogP contribution is 2.39. The molecule has 196 valence electrons. The molecule has 0 unspecified atom stereocenters. The Bertz CT molecular complexity index is 1180. The van der Waals surface area contributed by atoms with Crippen LogP contribution in [0.1, 0.15) is 62.5 Å². The molecule has 1 saturated carbocycles. The smallest absolute Gasteiger partial charge is 0.321 e. The minimum absolute atomic E-state index is 0.287. The molecule has 3 fully saturated rings. The van der Waals surface area contributed by atoms with Crippen molar-refractivity contribution in [2.24, 2.45) is 11.8 Å². The average molecular weight is 502 g/mol. The van der Waals surface area contributed by atoms with E-state index in [9.17, 15) is 9.90 Å². The van der Waals surface area contributed by atoms with E-state index >= 15 is 0 Å². The van der Waals surface area contributed by atoms with Crippen molar-refractivity contribution in [1.29, 1.82) is 0 Å². The third-order valence-electron chi connectivity index (χ3n) is 9.21. The van der Waals surface area contributed by atoms with Gasteiger partial charge in [0.15, 0.2) is 0 Å². The number of aromatic nitrogens is 3. The van der Waals surface area contributed by atoms with Crippen LogP contribution < -0.4 is 0 Å². The number of fused-ring (bicyclic) bond motifs is 1. The summed E-state index contributed by atoms with van der Waals surface area (Å²) in [6.45, 7) is 4.84. The van der Waals surface area contributed by atoms with Gasteiger partial charge in [-0.2, -0.15) is 0 Å². The van der Waals surface area contributed by atoms with Crippen molar-refractivity contribution in [1.82, 2.24) is 24.8 Å². The van der Waals surface area contributed by atoms with Crippen molar-refractivity contribution >= 4 is 17.0 Å². The molecule has 3 aromatic rings. The van der Waals surface area contributed by atoms with Gasteiger partial charge in [-0.1, -0.05) is 66.9 Å². The van der Waals surface area contributed by atoms with Crippen molar-refractivity contribution in [3.8, 4) is 0 Å². The van der Waals surface area contributed by atoms with Crippen LogP contribution in [0.4, 0.5) is 0 Å². The summed E-state index contributed by atoms with van der Waals surface area (Å²) in [6.07, 6.45) is 7.84. The maximum atomic E-state index is 12.5. The number of hydrogen-bond acceptors (Lipinski definition) is 5. The Balaban J connectivity index is 1.15. The number of rotatable bonds is 7. The second kappa shape index (κ2) is 10.9. The van der Waals surface area contributed by atoms with E-state index in [-0.39, 0.29) is 12.0 Å². The molecule has 3 atom stereocenters. The van der Waals surface area contributed by atoms with Crippen molar-refractivity contribution in [3.63, 3.8) is 0 Å². The largest absolute Gasteiger partial charge is 0.480 e. The van der Waals surface area contributed by atoms with Crippen molar-refractivity contribution in [2.45, 2.75) is 62.9 Å². The summed E-state index contributed by atoms with van der Waals surface area (Å²) in [5.41, 5.74) is 3.44. The zero-order valence-electron chi connectivity index (χ0n) is 21.7. The van der Waals surface area contributed by atoms with Gasteiger partial charge in [0.05, 0.1) is 11.6 Å². The van der Waals surface area contributed by atoms with Crippen LogP contribution in [0.25, 0.3) is 11.0 Å². The summed E-state index contributed by atoms with van der Waals surface area (Å²) in [4.78, 5) is 17.4. The van der Waals surface area contributed by atoms with Gasteiger partial charge in [0, 0.05) is 38.6 Å². The summed E-state index contributed by atoms with van der Waals surface area (Å²) in [6, 6.07) is 19.1. The molecular weight excluding hydrogens is 462 g/mol. The number of benzene rings is 2. The number of carboxylic acids is 1. The number of piperidine rings is 1. The summed E-state index contributed by atoms with van der Waals surface area (Å²) in [5.74, 6) is 0.482. The summed E-state index contributed by atoms with van der Waals surface area (Å²) < 4.78 is 2.12. The number of carboxylic acid groups (broad SMARTS) is 1. The molecule has 3 heterocycles. The number of aliphatic carboxylic acids is 1. The van der Waals surface area contributed by atoms with Crippen molar-refractivity contribution < 1.29 is 9.90 Å². The highest BCUT2D eigenvalue weighted by Gasteiger charge is 2.43. The Morgan fingerprint density at radius 1 is 0.919 bits per heavy atom. The van der Waals surface area contributed by atoms with Gasteiger partial charge in [-0.25, -0.2) is 4.68 Å². The highest BCUT2D eigenvalue weighted by molar-refractivity contribution is 5.74. The van der Waals surface area contributed by atoms with Crippen LogP contribution >= 0.6 is 0 Å². The van der Waals surface area contributed by atoms with Crippen LogP contribution in [0, 0.1) is 11.8 Å². The third kappa shape index (κ3) is 5.16. The second-order valence-corrected chi connectivity index (χ2v) is 11.5. The van der Waals surface area contributed by atoms with Gasteiger partial charge in [-0.05, 0) is 55.2 Å². The fourth-order valence-electron chi connectivity index (χ4n) is 7.34. The Kier molecular flexibility index (Phi) is 7.25. The maximum absolute atomic E-state index is 12.5. The first kappa shape index (κ1) is 24.6. The number of nitrogens with zero attached hydrogens (tertiary/aromatic N) is 5. The monoisotopic (exact) mass is 501 g/mol. The highest BCUT2D eigenvalue weighted by atomic mass is 16.4. The molecule has 0 bridgehead atoms. The van der Waals surface area contributed by atoms with E-state index in [4.69, 9.17) is 0 Å². The summed E-state index contributed by atoms with van der Waals surface area (Å²) in [7, 11) is 0. The van der Waals surface area contributed by atoms with Crippen LogP contribution in [-0.4, -0.2) is 74.6 Å². The number of likely N-dealkylation sites (tertiary alicyclic amines) is 2. The molecule has 0 amide bonds. The van der Waals surface area contributed by atoms with Gasteiger partial charge >= 0.3 is 5.97 Å². The predicted octanol–water partition coefficient (Wildman–Crippen LogP) is 4.82. The van der Waals surface area contributed by atoms with E-state index < -0.39 is 5.97 Å². The Hall–Kier alpha value is -2.77. The van der Waals surface area contributed by atoms with Gasteiger partial charge < -0.3 is 10.0 Å². The van der Waals surface area contributed by atoms with Crippen LogP contribution in [0.15, 0.2) is 54.6 Å². The number of para-hydroxylation sites is 1. The normalized spacial score (nSPS) is 25.5. The zero-order valence-corrected chi connectivity index (χ0v) is 21.7. The van der Waals surface area contributed by atoms with Gasteiger partial charge in [-0.3, -0.25) is 9.69 Å². The van der Waals surface area contributed by atoms with Crippen molar-refractivity contribution in [2.75, 3.05) is 32.7 Å². The molecule has 1 aromatic heterocycles. The Labute approximate surface area is 219 Å². The molecule has 0 spiro atoms. The molecular formula is C30H39N5O2. The van der Waals surface area contributed by atoms with E-state index in [2.05, 4.69) is 67.3 Å². The molecule has 6 rings (SSSR count). The second-order valence-electron chi connectivity index (χ2n) is 11.5. The first-order chi connectivity index (χ1) is 18.2. The topological polar surface area (TPSA) is 74.5 Å². The minimum atomic E-state index is -0.625. The van der Waals surface area contributed by atoms with Crippen LogP contribution in [-0.2, 0) is 4.79 Å². The lowest BCUT2D eigenvalue weighted by Gasteiger charge is -2.35. The predicted molar refractivity (Wildman–Crippen MR) is 144 cm³/mol. The minimum Gasteiger partial charge on any atom is -0.480 e. The molecule has 2 aromatic carbocycles. The fraction of sp³-hybridized carbons (Fsp3) is 0.567. The molecule has 2 saturated heterocycles. The molecule has 1 N–H and O–H groups in total. The number of hydrogen-bond donors (Lipinski definition) is 1. The molecule has 7 nitrogen and oxygen atoms in total. The van der Waals surface area contributed by atoms with E-state index in [1.807, 2.05) is 12.1 Å². The summed E-state index contributed by atoms with van der Waals surface area (Å²) in [5, 5.41) is 19.1. The van der Waals surface area contributed by atoms with E-state index in [1.165, 1.54) is 24.8 Å².